The molecule has 0 N–H and O–H groups in total. The lowest BCUT2D eigenvalue weighted by molar-refractivity contribution is 0.103. The number of benzene rings is 1. The third-order valence-electron chi connectivity index (χ3n) is 3.62. The lowest BCUT2D eigenvalue weighted by atomic mass is 9.88. The molecule has 0 atom stereocenters. The van der Waals surface area contributed by atoms with Crippen molar-refractivity contribution in [1.29, 1.82) is 0 Å². The maximum absolute atomic E-state index is 12.6. The van der Waals surface area contributed by atoms with Gasteiger partial charge in [-0.1, -0.05) is 0 Å². The third kappa shape index (κ3) is 1.33. The van der Waals surface area contributed by atoms with Crippen LogP contribution in [0.15, 0.2) is 42.7 Å². The Hall–Kier alpha value is -2.75. The standard InChI is InChI=1S/C16H10N2O2/c1-20-10-2-3-11-12(8-10)14-13-9(4-6-17-14)5-7-18-15(13)16(11)19/h2-8H,1H3. The summed E-state index contributed by atoms with van der Waals surface area (Å²) in [6.07, 6.45) is 3.41. The van der Waals surface area contributed by atoms with Crippen LogP contribution in [0.5, 0.6) is 5.75 Å². The summed E-state index contributed by atoms with van der Waals surface area (Å²) in [6, 6.07) is 9.19. The van der Waals surface area contributed by atoms with Gasteiger partial charge < -0.3 is 4.74 Å². The molecular formula is C16H10N2O2. The summed E-state index contributed by atoms with van der Waals surface area (Å²) in [5.41, 5.74) is 2.69. The van der Waals surface area contributed by atoms with Gasteiger partial charge in [-0.25, -0.2) is 0 Å². The van der Waals surface area contributed by atoms with Gasteiger partial charge in [-0.2, -0.15) is 0 Å². The van der Waals surface area contributed by atoms with Crippen molar-refractivity contribution in [3.63, 3.8) is 0 Å². The van der Waals surface area contributed by atoms with Gasteiger partial charge in [-0.15, -0.1) is 0 Å². The van der Waals surface area contributed by atoms with Crippen LogP contribution < -0.4 is 4.74 Å². The number of methoxy groups -OCH3 is 1. The van der Waals surface area contributed by atoms with Crippen LogP contribution in [0.4, 0.5) is 0 Å². The largest absolute Gasteiger partial charge is 0.497 e. The average Bonchev–Trinajstić information content (AvgIpc) is 2.51. The number of carbonyl (C=O) groups excluding carboxylic acids is 1. The molecule has 0 amide bonds. The van der Waals surface area contributed by atoms with E-state index < -0.39 is 0 Å². The van der Waals surface area contributed by atoms with Gasteiger partial charge in [0.05, 0.1) is 12.8 Å². The van der Waals surface area contributed by atoms with Crippen LogP contribution in [0.1, 0.15) is 16.1 Å². The quantitative estimate of drug-likeness (QED) is 0.529. The minimum absolute atomic E-state index is 0.0613. The highest BCUT2D eigenvalue weighted by Gasteiger charge is 2.27. The van der Waals surface area contributed by atoms with Crippen molar-refractivity contribution in [1.82, 2.24) is 9.97 Å². The van der Waals surface area contributed by atoms with Crippen LogP contribution in [0.2, 0.25) is 0 Å². The third-order valence-corrected chi connectivity index (χ3v) is 3.62. The molecule has 1 aromatic carbocycles. The zero-order valence-corrected chi connectivity index (χ0v) is 10.8. The summed E-state index contributed by atoms with van der Waals surface area (Å²) in [4.78, 5) is 21.2. The number of aromatic nitrogens is 2. The predicted molar refractivity (Wildman–Crippen MR) is 75.0 cm³/mol. The summed E-state index contributed by atoms with van der Waals surface area (Å²) >= 11 is 0. The Labute approximate surface area is 115 Å². The van der Waals surface area contributed by atoms with E-state index in [-0.39, 0.29) is 5.78 Å². The number of carbonyl (C=O) groups is 1. The second kappa shape index (κ2) is 3.87. The van der Waals surface area contributed by atoms with Crippen LogP contribution in [0.3, 0.4) is 0 Å². The van der Waals surface area contributed by atoms with Crippen molar-refractivity contribution in [3.8, 4) is 17.0 Å². The monoisotopic (exact) mass is 262 g/mol. The molecule has 1 aliphatic rings. The molecule has 1 aliphatic carbocycles. The summed E-state index contributed by atoms with van der Waals surface area (Å²) in [5.74, 6) is 0.649. The van der Waals surface area contributed by atoms with Crippen molar-refractivity contribution >= 4 is 16.6 Å². The number of rotatable bonds is 1. The molecule has 0 bridgehead atoms. The number of pyridine rings is 2. The molecule has 20 heavy (non-hydrogen) atoms. The molecule has 0 spiro atoms. The zero-order chi connectivity index (χ0) is 13.7. The normalized spacial score (nSPS) is 12.3. The van der Waals surface area contributed by atoms with Crippen LogP contribution in [-0.2, 0) is 0 Å². The molecule has 0 saturated heterocycles. The molecule has 4 rings (SSSR count). The minimum Gasteiger partial charge on any atom is -0.497 e. The molecule has 2 heterocycles. The maximum Gasteiger partial charge on any atom is 0.212 e. The Kier molecular flexibility index (Phi) is 2.15. The molecule has 0 unspecified atom stereocenters. The van der Waals surface area contributed by atoms with E-state index in [1.165, 1.54) is 0 Å². The molecule has 0 saturated carbocycles. The highest BCUT2D eigenvalue weighted by molar-refractivity contribution is 6.24. The first kappa shape index (κ1) is 11.1. The molecule has 4 nitrogen and oxygen atoms in total. The van der Waals surface area contributed by atoms with Crippen molar-refractivity contribution in [2.75, 3.05) is 7.11 Å². The second-order valence-electron chi connectivity index (χ2n) is 4.66. The summed E-state index contributed by atoms with van der Waals surface area (Å²) in [7, 11) is 1.61. The zero-order valence-electron chi connectivity index (χ0n) is 10.8. The maximum atomic E-state index is 12.6. The highest BCUT2D eigenvalue weighted by Crippen LogP contribution is 2.38. The Bertz CT molecular complexity index is 866. The number of ketones is 1. The van der Waals surface area contributed by atoms with Gasteiger partial charge in [-0.3, -0.25) is 14.8 Å². The number of hydrogen-bond acceptors (Lipinski definition) is 4. The van der Waals surface area contributed by atoms with Crippen molar-refractivity contribution in [3.05, 3.63) is 54.0 Å². The first-order chi connectivity index (χ1) is 9.79. The Morgan fingerprint density at radius 2 is 1.70 bits per heavy atom. The van der Waals surface area contributed by atoms with Gasteiger partial charge in [0.15, 0.2) is 0 Å². The Balaban J connectivity index is 2.18. The van der Waals surface area contributed by atoms with E-state index in [4.69, 9.17) is 4.74 Å². The van der Waals surface area contributed by atoms with Gasteiger partial charge in [0.25, 0.3) is 0 Å². The van der Waals surface area contributed by atoms with Gasteiger partial charge in [0.1, 0.15) is 11.4 Å². The van der Waals surface area contributed by atoms with Gasteiger partial charge in [0, 0.05) is 28.9 Å². The number of fused-ring (bicyclic) bond motifs is 2. The summed E-state index contributed by atoms with van der Waals surface area (Å²) in [6.45, 7) is 0. The molecule has 0 aliphatic heterocycles. The smallest absolute Gasteiger partial charge is 0.212 e. The van der Waals surface area contributed by atoms with E-state index in [0.29, 0.717) is 17.0 Å². The van der Waals surface area contributed by atoms with Gasteiger partial charge in [-0.05, 0) is 35.7 Å². The van der Waals surface area contributed by atoms with Crippen LogP contribution in [0.25, 0.3) is 22.0 Å². The molecule has 0 fully saturated rings. The average molecular weight is 262 g/mol. The fourth-order valence-corrected chi connectivity index (χ4v) is 2.67. The van der Waals surface area contributed by atoms with E-state index in [1.807, 2.05) is 18.2 Å². The molecule has 0 radical (unpaired) electrons. The number of nitrogens with zero attached hydrogens (tertiary/aromatic N) is 2. The Morgan fingerprint density at radius 1 is 0.950 bits per heavy atom. The fraction of sp³-hybridized carbons (Fsp3) is 0.0625. The summed E-state index contributed by atoms with van der Waals surface area (Å²) < 4.78 is 5.24. The topological polar surface area (TPSA) is 52.1 Å². The van der Waals surface area contributed by atoms with E-state index in [1.54, 1.807) is 31.6 Å². The molecule has 2 aromatic heterocycles. The molecule has 4 heteroatoms. The molecule has 3 aromatic rings. The van der Waals surface area contributed by atoms with Crippen LogP contribution in [-0.4, -0.2) is 22.9 Å². The summed E-state index contributed by atoms with van der Waals surface area (Å²) in [5, 5.41) is 1.79. The number of ether oxygens (including phenoxy) is 1. The minimum atomic E-state index is -0.0613. The predicted octanol–water partition coefficient (Wildman–Crippen LogP) is 2.85. The van der Waals surface area contributed by atoms with Gasteiger partial charge in [0.2, 0.25) is 5.78 Å². The lowest BCUT2D eigenvalue weighted by Gasteiger charge is -2.18. The van der Waals surface area contributed by atoms with E-state index >= 15 is 0 Å². The van der Waals surface area contributed by atoms with Crippen LogP contribution >= 0.6 is 0 Å². The highest BCUT2D eigenvalue weighted by atomic mass is 16.5. The Morgan fingerprint density at radius 3 is 2.45 bits per heavy atom. The molecule has 96 valence electrons. The van der Waals surface area contributed by atoms with Crippen LogP contribution in [0, 0.1) is 0 Å². The fourth-order valence-electron chi connectivity index (χ4n) is 2.67. The van der Waals surface area contributed by atoms with E-state index in [2.05, 4.69) is 9.97 Å². The van der Waals surface area contributed by atoms with Gasteiger partial charge >= 0.3 is 0 Å². The van der Waals surface area contributed by atoms with Crippen molar-refractivity contribution in [2.24, 2.45) is 0 Å². The van der Waals surface area contributed by atoms with E-state index in [9.17, 15) is 4.79 Å². The first-order valence-electron chi connectivity index (χ1n) is 6.26. The first-order valence-corrected chi connectivity index (χ1v) is 6.26. The van der Waals surface area contributed by atoms with E-state index in [0.717, 1.165) is 22.0 Å². The van der Waals surface area contributed by atoms with Crippen molar-refractivity contribution < 1.29 is 9.53 Å². The number of hydrogen-bond donors (Lipinski definition) is 0. The molecular weight excluding hydrogens is 252 g/mol. The lowest BCUT2D eigenvalue weighted by Crippen LogP contribution is -2.12. The SMILES string of the molecule is COc1ccc2c(c1)-c1nccc3ccnc(c13)C2=O. The van der Waals surface area contributed by atoms with Crippen molar-refractivity contribution in [2.45, 2.75) is 0 Å². The second-order valence-corrected chi connectivity index (χ2v) is 4.66.